The standard InChI is InChI=1S/C22H21FO5/c1-12-16(7-13-8-19(26-2)22(28-4)20(9-13)27-3)15-6-5-14(23)10-18(15)17(12)11-21(24)25/h5-10H,11H2,1-4H3,(H,24,25)/b16-7-. The van der Waals surface area contributed by atoms with Gasteiger partial charge in [-0.2, -0.15) is 0 Å². The van der Waals surface area contributed by atoms with Crippen LogP contribution >= 0.6 is 0 Å². The predicted octanol–water partition coefficient (Wildman–Crippen LogP) is 4.65. The summed E-state index contributed by atoms with van der Waals surface area (Å²) in [7, 11) is 4.61. The molecule has 0 saturated carbocycles. The number of ether oxygens (including phenoxy) is 3. The molecule has 0 fully saturated rings. The van der Waals surface area contributed by atoms with Crippen molar-refractivity contribution in [3.8, 4) is 17.2 Å². The van der Waals surface area contributed by atoms with Crippen LogP contribution < -0.4 is 14.2 Å². The zero-order chi connectivity index (χ0) is 20.4. The number of carboxylic acid groups (broad SMARTS) is 1. The lowest BCUT2D eigenvalue weighted by Gasteiger charge is -2.13. The molecule has 5 nitrogen and oxygen atoms in total. The van der Waals surface area contributed by atoms with E-state index in [2.05, 4.69) is 0 Å². The number of methoxy groups -OCH3 is 3. The summed E-state index contributed by atoms with van der Waals surface area (Å²) >= 11 is 0. The lowest BCUT2D eigenvalue weighted by Crippen LogP contribution is -1.97. The van der Waals surface area contributed by atoms with Crippen LogP contribution in [0.25, 0.3) is 17.2 Å². The first kappa shape index (κ1) is 19.5. The van der Waals surface area contributed by atoms with E-state index in [9.17, 15) is 14.3 Å². The van der Waals surface area contributed by atoms with Gasteiger partial charge in [0.2, 0.25) is 5.75 Å². The molecule has 0 aliphatic heterocycles. The smallest absolute Gasteiger partial charge is 0.307 e. The first-order valence-corrected chi connectivity index (χ1v) is 8.63. The molecule has 3 rings (SSSR count). The molecule has 28 heavy (non-hydrogen) atoms. The van der Waals surface area contributed by atoms with Crippen molar-refractivity contribution in [1.82, 2.24) is 0 Å². The quantitative estimate of drug-likeness (QED) is 0.785. The van der Waals surface area contributed by atoms with Crippen molar-refractivity contribution in [3.63, 3.8) is 0 Å². The number of rotatable bonds is 6. The van der Waals surface area contributed by atoms with Crippen molar-refractivity contribution in [1.29, 1.82) is 0 Å². The van der Waals surface area contributed by atoms with Gasteiger partial charge in [0.05, 0.1) is 27.8 Å². The molecule has 6 heteroatoms. The topological polar surface area (TPSA) is 65.0 Å². The summed E-state index contributed by atoms with van der Waals surface area (Å²) < 4.78 is 29.9. The zero-order valence-electron chi connectivity index (χ0n) is 16.1. The minimum absolute atomic E-state index is 0.172. The molecule has 0 unspecified atom stereocenters. The second kappa shape index (κ2) is 7.76. The highest BCUT2D eigenvalue weighted by atomic mass is 19.1. The highest BCUT2D eigenvalue weighted by Crippen LogP contribution is 2.45. The number of aliphatic carboxylic acids is 1. The molecule has 1 aliphatic rings. The lowest BCUT2D eigenvalue weighted by molar-refractivity contribution is -0.135. The van der Waals surface area contributed by atoms with Crippen molar-refractivity contribution >= 4 is 23.2 Å². The van der Waals surface area contributed by atoms with Gasteiger partial charge in [0.1, 0.15) is 5.82 Å². The van der Waals surface area contributed by atoms with Gasteiger partial charge in [0.15, 0.2) is 11.5 Å². The van der Waals surface area contributed by atoms with E-state index in [1.807, 2.05) is 13.0 Å². The molecule has 1 aliphatic carbocycles. The van der Waals surface area contributed by atoms with E-state index < -0.39 is 11.8 Å². The molecule has 0 bridgehead atoms. The van der Waals surface area contributed by atoms with Gasteiger partial charge in [-0.05, 0) is 70.7 Å². The second-order valence-corrected chi connectivity index (χ2v) is 6.38. The Morgan fingerprint density at radius 2 is 1.68 bits per heavy atom. The average molecular weight is 384 g/mol. The van der Waals surface area contributed by atoms with E-state index in [0.29, 0.717) is 28.4 Å². The van der Waals surface area contributed by atoms with Crippen molar-refractivity contribution in [2.75, 3.05) is 21.3 Å². The average Bonchev–Trinajstić information content (AvgIpc) is 2.91. The summed E-state index contributed by atoms with van der Waals surface area (Å²) in [5.74, 6) is 0.152. The Bertz CT molecular complexity index is 979. The predicted molar refractivity (Wildman–Crippen MR) is 105 cm³/mol. The molecule has 2 aromatic rings. The molecule has 0 aromatic heterocycles. The number of hydrogen-bond acceptors (Lipinski definition) is 4. The molecule has 0 amide bonds. The molecule has 146 valence electrons. The van der Waals surface area contributed by atoms with Crippen molar-refractivity contribution < 1.29 is 28.5 Å². The molecule has 0 spiro atoms. The Morgan fingerprint density at radius 1 is 1.04 bits per heavy atom. The summed E-state index contributed by atoms with van der Waals surface area (Å²) in [6.07, 6.45) is 1.74. The van der Waals surface area contributed by atoms with Gasteiger partial charge in [0, 0.05) is 0 Å². The van der Waals surface area contributed by atoms with Crippen LogP contribution in [0.1, 0.15) is 30.0 Å². The Balaban J connectivity index is 2.19. The summed E-state index contributed by atoms with van der Waals surface area (Å²) in [6, 6.07) is 8.04. The lowest BCUT2D eigenvalue weighted by atomic mass is 10.00. The normalized spacial score (nSPS) is 14.2. The van der Waals surface area contributed by atoms with E-state index in [0.717, 1.165) is 22.3 Å². The number of fused-ring (bicyclic) bond motifs is 1. The SMILES string of the molecule is COc1cc(/C=C2/C(C)=C(CC(=O)O)c3cc(F)ccc32)cc(OC)c1OC. The minimum atomic E-state index is -0.960. The molecule has 0 saturated heterocycles. The molecule has 0 radical (unpaired) electrons. The number of carbonyl (C=O) groups is 1. The van der Waals surface area contributed by atoms with Gasteiger partial charge in [-0.15, -0.1) is 0 Å². The molecular formula is C22H21FO5. The van der Waals surface area contributed by atoms with Crippen LogP contribution in [0, 0.1) is 5.82 Å². The van der Waals surface area contributed by atoms with Gasteiger partial charge >= 0.3 is 5.97 Å². The second-order valence-electron chi connectivity index (χ2n) is 6.38. The molecule has 2 aromatic carbocycles. The van der Waals surface area contributed by atoms with Crippen LogP contribution in [0.4, 0.5) is 4.39 Å². The van der Waals surface area contributed by atoms with Gasteiger partial charge in [-0.3, -0.25) is 4.79 Å². The molecule has 1 N–H and O–H groups in total. The Kier molecular flexibility index (Phi) is 5.40. The highest BCUT2D eigenvalue weighted by molar-refractivity contribution is 6.07. The Hall–Kier alpha value is -3.28. The van der Waals surface area contributed by atoms with Crippen molar-refractivity contribution in [2.45, 2.75) is 13.3 Å². The van der Waals surface area contributed by atoms with Crippen LogP contribution in [0.5, 0.6) is 17.2 Å². The summed E-state index contributed by atoms with van der Waals surface area (Å²) in [5, 5.41) is 9.26. The van der Waals surface area contributed by atoms with Crippen molar-refractivity contribution in [3.05, 3.63) is 58.4 Å². The fraction of sp³-hybridized carbons (Fsp3) is 0.227. The summed E-state index contributed by atoms with van der Waals surface area (Å²) in [5.41, 5.74) is 4.44. The van der Waals surface area contributed by atoms with E-state index in [4.69, 9.17) is 14.2 Å². The largest absolute Gasteiger partial charge is 0.493 e. The molecule has 0 heterocycles. The minimum Gasteiger partial charge on any atom is -0.493 e. The Labute approximate surface area is 162 Å². The number of halogens is 1. The van der Waals surface area contributed by atoms with Crippen LogP contribution in [0.2, 0.25) is 0 Å². The van der Waals surface area contributed by atoms with Crippen LogP contribution in [0.15, 0.2) is 35.9 Å². The Morgan fingerprint density at radius 3 is 2.21 bits per heavy atom. The maximum Gasteiger partial charge on any atom is 0.307 e. The maximum absolute atomic E-state index is 13.8. The zero-order valence-corrected chi connectivity index (χ0v) is 16.1. The first-order chi connectivity index (χ1) is 13.4. The van der Waals surface area contributed by atoms with Crippen LogP contribution in [-0.2, 0) is 4.79 Å². The fourth-order valence-corrected chi connectivity index (χ4v) is 3.48. The number of allylic oxidation sites excluding steroid dienone is 2. The van der Waals surface area contributed by atoms with Gasteiger partial charge < -0.3 is 19.3 Å². The molecular weight excluding hydrogens is 363 g/mol. The number of hydrogen-bond donors (Lipinski definition) is 1. The van der Waals surface area contributed by atoms with Gasteiger partial charge in [-0.1, -0.05) is 6.07 Å². The summed E-state index contributed by atoms with van der Waals surface area (Å²) in [4.78, 5) is 11.3. The van der Waals surface area contributed by atoms with Crippen LogP contribution in [0.3, 0.4) is 0 Å². The number of carboxylic acids is 1. The third-order valence-electron chi connectivity index (χ3n) is 4.78. The third-order valence-corrected chi connectivity index (χ3v) is 4.78. The highest BCUT2D eigenvalue weighted by Gasteiger charge is 2.26. The first-order valence-electron chi connectivity index (χ1n) is 8.63. The van der Waals surface area contributed by atoms with E-state index in [1.54, 1.807) is 18.2 Å². The summed E-state index contributed by atoms with van der Waals surface area (Å²) in [6.45, 7) is 1.85. The van der Waals surface area contributed by atoms with Gasteiger partial charge in [-0.25, -0.2) is 4.39 Å². The number of benzene rings is 2. The van der Waals surface area contributed by atoms with E-state index in [1.165, 1.54) is 33.5 Å². The fourth-order valence-electron chi connectivity index (χ4n) is 3.48. The monoisotopic (exact) mass is 384 g/mol. The van der Waals surface area contributed by atoms with Gasteiger partial charge in [0.25, 0.3) is 0 Å². The van der Waals surface area contributed by atoms with E-state index in [-0.39, 0.29) is 6.42 Å². The molecule has 0 atom stereocenters. The third kappa shape index (κ3) is 3.45. The van der Waals surface area contributed by atoms with Crippen molar-refractivity contribution in [2.24, 2.45) is 0 Å². The van der Waals surface area contributed by atoms with E-state index >= 15 is 0 Å². The van der Waals surface area contributed by atoms with Crippen LogP contribution in [-0.4, -0.2) is 32.4 Å². The maximum atomic E-state index is 13.8.